The minimum absolute atomic E-state index is 0.00249. The quantitative estimate of drug-likeness (QED) is 0.614. The van der Waals surface area contributed by atoms with Gasteiger partial charge in [-0.05, 0) is 24.6 Å². The zero-order valence-electron chi connectivity index (χ0n) is 16.0. The molecule has 2 aromatic rings. The lowest BCUT2D eigenvalue weighted by atomic mass is 9.91. The number of ketones is 2. The molecule has 0 atom stereocenters. The fraction of sp³-hybridized carbons (Fsp3) is 0.190. The van der Waals surface area contributed by atoms with Crippen molar-refractivity contribution in [3.8, 4) is 0 Å². The first-order valence-electron chi connectivity index (χ1n) is 8.92. The van der Waals surface area contributed by atoms with Gasteiger partial charge in [0.05, 0.1) is 22.8 Å². The Morgan fingerprint density at radius 1 is 1.10 bits per heavy atom. The summed E-state index contributed by atoms with van der Waals surface area (Å²) >= 11 is 1.01. The number of carbonyl (C=O) groups excluding carboxylic acids is 2. The first-order chi connectivity index (χ1) is 14.2. The van der Waals surface area contributed by atoms with E-state index in [4.69, 9.17) is 9.29 Å². The highest BCUT2D eigenvalue weighted by Gasteiger charge is 2.28. The zero-order valence-corrected chi connectivity index (χ0v) is 17.6. The Morgan fingerprint density at radius 2 is 1.80 bits per heavy atom. The number of hydrogen-bond acceptors (Lipinski definition) is 7. The van der Waals surface area contributed by atoms with E-state index >= 15 is 0 Å². The zero-order chi connectivity index (χ0) is 21.9. The van der Waals surface area contributed by atoms with Crippen LogP contribution >= 0.6 is 11.8 Å². The van der Waals surface area contributed by atoms with Crippen LogP contribution in [0, 0.1) is 6.92 Å². The SMILES string of the molecule is Cc1ccc(S(=O)(=O)OCc2cccc3c2C(=O)C=C(SCCC(=O)O)C3=O)cc1. The Hall–Kier alpha value is -2.75. The van der Waals surface area contributed by atoms with E-state index in [1.54, 1.807) is 18.2 Å². The molecule has 1 N–H and O–H groups in total. The Labute approximate surface area is 177 Å². The predicted molar refractivity (Wildman–Crippen MR) is 111 cm³/mol. The first kappa shape index (κ1) is 21.9. The molecule has 1 aliphatic carbocycles. The number of carboxylic acid groups (broad SMARTS) is 1. The summed E-state index contributed by atoms with van der Waals surface area (Å²) in [6.07, 6.45) is 1.02. The topological polar surface area (TPSA) is 115 Å². The van der Waals surface area contributed by atoms with E-state index in [1.165, 1.54) is 24.3 Å². The molecule has 156 valence electrons. The van der Waals surface area contributed by atoms with Gasteiger partial charge in [0.2, 0.25) is 0 Å². The minimum Gasteiger partial charge on any atom is -0.481 e. The van der Waals surface area contributed by atoms with E-state index in [0.29, 0.717) is 0 Å². The number of fused-ring (bicyclic) bond motifs is 1. The largest absolute Gasteiger partial charge is 0.481 e. The number of aryl methyl sites for hydroxylation is 1. The fourth-order valence-corrected chi connectivity index (χ4v) is 4.68. The van der Waals surface area contributed by atoms with E-state index < -0.39 is 34.3 Å². The monoisotopic (exact) mass is 446 g/mol. The average Bonchev–Trinajstić information content (AvgIpc) is 2.70. The molecule has 0 unspecified atom stereocenters. The highest BCUT2D eigenvalue weighted by molar-refractivity contribution is 8.04. The summed E-state index contributed by atoms with van der Waals surface area (Å²) in [6, 6.07) is 10.7. The van der Waals surface area contributed by atoms with Gasteiger partial charge in [-0.15, -0.1) is 11.8 Å². The van der Waals surface area contributed by atoms with Gasteiger partial charge in [0, 0.05) is 23.0 Å². The molecular weight excluding hydrogens is 428 g/mol. The number of allylic oxidation sites excluding steroid dienone is 2. The first-order valence-corrected chi connectivity index (χ1v) is 11.3. The van der Waals surface area contributed by atoms with Crippen LogP contribution in [0.25, 0.3) is 0 Å². The van der Waals surface area contributed by atoms with Crippen LogP contribution in [0.1, 0.15) is 38.3 Å². The molecule has 7 nitrogen and oxygen atoms in total. The molecule has 0 radical (unpaired) electrons. The van der Waals surface area contributed by atoms with Crippen molar-refractivity contribution in [1.29, 1.82) is 0 Å². The molecule has 0 amide bonds. The van der Waals surface area contributed by atoms with Crippen molar-refractivity contribution in [2.45, 2.75) is 24.8 Å². The number of benzene rings is 2. The minimum atomic E-state index is -4.04. The highest BCUT2D eigenvalue weighted by Crippen LogP contribution is 2.31. The number of carboxylic acids is 1. The molecule has 2 aromatic carbocycles. The molecule has 1 aliphatic rings. The Kier molecular flexibility index (Phi) is 6.55. The van der Waals surface area contributed by atoms with Gasteiger partial charge >= 0.3 is 5.97 Å². The third kappa shape index (κ3) is 4.86. The molecule has 3 rings (SSSR count). The van der Waals surface area contributed by atoms with Gasteiger partial charge in [-0.25, -0.2) is 0 Å². The van der Waals surface area contributed by atoms with E-state index in [2.05, 4.69) is 0 Å². The van der Waals surface area contributed by atoms with Crippen molar-refractivity contribution >= 4 is 39.4 Å². The van der Waals surface area contributed by atoms with Crippen molar-refractivity contribution in [3.05, 3.63) is 75.7 Å². The van der Waals surface area contributed by atoms with Gasteiger partial charge in [0.25, 0.3) is 10.1 Å². The molecule has 0 aliphatic heterocycles. The summed E-state index contributed by atoms with van der Waals surface area (Å²) in [5.41, 5.74) is 1.43. The normalized spacial score (nSPS) is 13.7. The second-order valence-electron chi connectivity index (χ2n) is 6.56. The molecular formula is C21H18O7S2. The van der Waals surface area contributed by atoms with Crippen molar-refractivity contribution < 1.29 is 32.1 Å². The Balaban J connectivity index is 1.81. The van der Waals surface area contributed by atoms with Gasteiger partial charge in [-0.3, -0.25) is 18.6 Å². The van der Waals surface area contributed by atoms with Crippen molar-refractivity contribution in [2.24, 2.45) is 0 Å². The molecule has 30 heavy (non-hydrogen) atoms. The molecule has 0 aromatic heterocycles. The third-order valence-corrected chi connectivity index (χ3v) is 6.68. The molecule has 0 saturated heterocycles. The predicted octanol–water partition coefficient (Wildman–Crippen LogP) is 3.37. The molecule has 9 heteroatoms. The van der Waals surface area contributed by atoms with Crippen molar-refractivity contribution in [1.82, 2.24) is 0 Å². The maximum absolute atomic E-state index is 12.7. The molecule has 0 heterocycles. The second kappa shape index (κ2) is 8.95. The van der Waals surface area contributed by atoms with Gasteiger partial charge in [0.15, 0.2) is 11.6 Å². The summed E-state index contributed by atoms with van der Waals surface area (Å²) in [5, 5.41) is 8.73. The summed E-state index contributed by atoms with van der Waals surface area (Å²) in [7, 11) is -4.04. The number of Topliss-reactive ketones (excluding diaryl/α,β-unsaturated/α-hetero) is 1. The molecule has 0 bridgehead atoms. The van der Waals surface area contributed by atoms with Crippen molar-refractivity contribution in [3.63, 3.8) is 0 Å². The van der Waals surface area contributed by atoms with Gasteiger partial charge in [-0.1, -0.05) is 35.9 Å². The van der Waals surface area contributed by atoms with Crippen LogP contribution in [0.15, 0.2) is 58.3 Å². The Morgan fingerprint density at radius 3 is 2.47 bits per heavy atom. The van der Waals surface area contributed by atoms with Gasteiger partial charge in [-0.2, -0.15) is 8.42 Å². The lowest BCUT2D eigenvalue weighted by molar-refractivity contribution is -0.136. The highest BCUT2D eigenvalue weighted by atomic mass is 32.2. The van der Waals surface area contributed by atoms with Gasteiger partial charge in [0.1, 0.15) is 0 Å². The number of aliphatic carboxylic acids is 1. The summed E-state index contributed by atoms with van der Waals surface area (Å²) in [4.78, 5) is 36.1. The van der Waals surface area contributed by atoms with Crippen molar-refractivity contribution in [2.75, 3.05) is 5.75 Å². The molecule has 0 saturated carbocycles. The Bertz CT molecular complexity index is 1150. The maximum Gasteiger partial charge on any atom is 0.304 e. The fourth-order valence-electron chi connectivity index (χ4n) is 2.86. The van der Waals surface area contributed by atoms with Crippen LogP contribution in [0.3, 0.4) is 0 Å². The van der Waals surface area contributed by atoms with Crippen LogP contribution < -0.4 is 0 Å². The third-order valence-electron chi connectivity index (χ3n) is 4.38. The number of hydrogen-bond donors (Lipinski definition) is 1. The molecule has 0 spiro atoms. The average molecular weight is 447 g/mol. The van der Waals surface area contributed by atoms with Crippen LogP contribution in [0.2, 0.25) is 0 Å². The number of rotatable bonds is 8. The summed E-state index contributed by atoms with van der Waals surface area (Å²) in [5.74, 6) is -1.68. The van der Waals surface area contributed by atoms with E-state index in [0.717, 1.165) is 23.4 Å². The molecule has 0 fully saturated rings. The van der Waals surface area contributed by atoms with E-state index in [-0.39, 0.29) is 38.7 Å². The lowest BCUT2D eigenvalue weighted by Gasteiger charge is -2.17. The van der Waals surface area contributed by atoms with E-state index in [9.17, 15) is 22.8 Å². The lowest BCUT2D eigenvalue weighted by Crippen LogP contribution is -2.19. The van der Waals surface area contributed by atoms with Crippen LogP contribution in [-0.4, -0.2) is 36.8 Å². The standard InChI is InChI=1S/C21H18O7S2/c1-13-5-7-15(8-6-13)30(26,27)28-12-14-3-2-4-16-20(14)17(22)11-18(21(16)25)29-10-9-19(23)24/h2-8,11H,9-10,12H2,1H3,(H,23,24). The smallest absolute Gasteiger partial charge is 0.304 e. The maximum atomic E-state index is 12.7. The number of carbonyl (C=O) groups is 3. The van der Waals surface area contributed by atoms with E-state index in [1.807, 2.05) is 6.92 Å². The summed E-state index contributed by atoms with van der Waals surface area (Å²) < 4.78 is 30.0. The number of thioether (sulfide) groups is 1. The van der Waals surface area contributed by atoms with Crippen LogP contribution in [0.5, 0.6) is 0 Å². The van der Waals surface area contributed by atoms with Crippen LogP contribution in [-0.2, 0) is 25.7 Å². The van der Waals surface area contributed by atoms with Crippen LogP contribution in [0.4, 0.5) is 0 Å². The second-order valence-corrected chi connectivity index (χ2v) is 9.32. The summed E-state index contributed by atoms with van der Waals surface area (Å²) in [6.45, 7) is 1.44. The van der Waals surface area contributed by atoms with Gasteiger partial charge < -0.3 is 5.11 Å².